The largest absolute Gasteiger partial charge is 0.363 e. The molecule has 1 aliphatic carbocycles. The molecule has 1 heterocycles. The van der Waals surface area contributed by atoms with E-state index in [4.69, 9.17) is 12.2 Å². The Hall–Kier alpha value is -2.08. The molecule has 3 rings (SSSR count). The minimum absolute atomic E-state index is 0.0599. The van der Waals surface area contributed by atoms with Gasteiger partial charge in [-0.2, -0.15) is 0 Å². The molecule has 3 N–H and O–H groups in total. The summed E-state index contributed by atoms with van der Waals surface area (Å²) in [6.07, 6.45) is 8.08. The van der Waals surface area contributed by atoms with Gasteiger partial charge >= 0.3 is 6.03 Å². The number of nitrogens with zero attached hydrogens (tertiary/aromatic N) is 1. The van der Waals surface area contributed by atoms with Crippen LogP contribution in [0.1, 0.15) is 37.7 Å². The van der Waals surface area contributed by atoms with Gasteiger partial charge in [0.25, 0.3) is 0 Å². The molecule has 6 heteroatoms. The second-order valence-electron chi connectivity index (χ2n) is 7.30. The molecule has 146 valence electrons. The molecule has 0 radical (unpaired) electrons. The van der Waals surface area contributed by atoms with E-state index in [9.17, 15) is 4.79 Å². The highest BCUT2D eigenvalue weighted by Gasteiger charge is 2.27. The monoisotopic (exact) mass is 386 g/mol. The molecule has 1 aromatic rings. The lowest BCUT2D eigenvalue weighted by molar-refractivity contribution is 0.186. The Morgan fingerprint density at radius 1 is 1.11 bits per heavy atom. The van der Waals surface area contributed by atoms with Gasteiger partial charge in [-0.05, 0) is 55.8 Å². The van der Waals surface area contributed by atoms with Crippen molar-refractivity contribution in [2.75, 3.05) is 26.2 Å². The van der Waals surface area contributed by atoms with Crippen molar-refractivity contribution in [3.05, 3.63) is 47.5 Å². The fourth-order valence-corrected chi connectivity index (χ4v) is 3.92. The summed E-state index contributed by atoms with van der Waals surface area (Å²) in [6, 6.07) is 10.2. The third kappa shape index (κ3) is 6.24. The van der Waals surface area contributed by atoms with Gasteiger partial charge in [0.1, 0.15) is 0 Å². The third-order valence-electron chi connectivity index (χ3n) is 5.31. The van der Waals surface area contributed by atoms with Crippen LogP contribution in [0.15, 0.2) is 42.0 Å². The lowest BCUT2D eigenvalue weighted by Crippen LogP contribution is -2.46. The van der Waals surface area contributed by atoms with Crippen molar-refractivity contribution in [1.82, 2.24) is 20.9 Å². The molecule has 1 aliphatic heterocycles. The van der Waals surface area contributed by atoms with Crippen LogP contribution in [-0.2, 0) is 6.54 Å². The summed E-state index contributed by atoms with van der Waals surface area (Å²) in [5.41, 5.74) is 2.67. The predicted molar refractivity (Wildman–Crippen MR) is 114 cm³/mol. The maximum atomic E-state index is 12.4. The number of thiocarbonyl (C=S) groups is 1. The Bertz CT molecular complexity index is 661. The summed E-state index contributed by atoms with van der Waals surface area (Å²) in [6.45, 7) is 3.80. The quantitative estimate of drug-likeness (QED) is 0.399. The van der Waals surface area contributed by atoms with E-state index in [0.717, 1.165) is 44.9 Å². The van der Waals surface area contributed by atoms with Crippen LogP contribution in [0.5, 0.6) is 0 Å². The van der Waals surface area contributed by atoms with Gasteiger partial charge in [0.05, 0.1) is 0 Å². The Balaban J connectivity index is 1.26. The first-order valence-electron chi connectivity index (χ1n) is 9.99. The van der Waals surface area contributed by atoms with Gasteiger partial charge in [-0.3, -0.25) is 0 Å². The van der Waals surface area contributed by atoms with Crippen LogP contribution in [0.2, 0.25) is 0 Å². The molecule has 5 nitrogen and oxygen atoms in total. The van der Waals surface area contributed by atoms with Gasteiger partial charge in [0, 0.05) is 32.7 Å². The first-order valence-corrected chi connectivity index (χ1v) is 10.4. The molecule has 1 unspecified atom stereocenters. The predicted octanol–water partition coefficient (Wildman–Crippen LogP) is 3.18. The second-order valence-corrected chi connectivity index (χ2v) is 7.71. The Morgan fingerprint density at radius 3 is 2.78 bits per heavy atom. The number of benzene rings is 1. The van der Waals surface area contributed by atoms with Crippen molar-refractivity contribution in [1.29, 1.82) is 0 Å². The van der Waals surface area contributed by atoms with Gasteiger partial charge < -0.3 is 20.9 Å². The number of hydrogen-bond acceptors (Lipinski definition) is 2. The standard InChI is InChI=1S/C21H30N4OS/c26-21(25-14-11-18-9-4-5-10-19(18)16-25)23-13-6-12-22-20(27)24-15-17-7-2-1-3-8-17/h1-3,7-8,10,18H,4-6,9,11-16H2,(H,23,26)(H2,22,24,27). The van der Waals surface area contributed by atoms with Crippen LogP contribution in [-0.4, -0.2) is 42.2 Å². The minimum atomic E-state index is 0.0599. The smallest absolute Gasteiger partial charge is 0.317 e. The summed E-state index contributed by atoms with van der Waals surface area (Å²) >= 11 is 5.29. The van der Waals surface area contributed by atoms with Gasteiger partial charge in [0.15, 0.2) is 5.11 Å². The van der Waals surface area contributed by atoms with E-state index in [2.05, 4.69) is 34.2 Å². The Morgan fingerprint density at radius 2 is 1.93 bits per heavy atom. The third-order valence-corrected chi connectivity index (χ3v) is 5.60. The second kappa shape index (κ2) is 10.3. The van der Waals surface area contributed by atoms with Crippen molar-refractivity contribution >= 4 is 23.4 Å². The number of carbonyl (C=O) groups excluding carboxylic acids is 1. The molecular weight excluding hydrogens is 356 g/mol. The highest BCUT2D eigenvalue weighted by Crippen LogP contribution is 2.31. The Labute approximate surface area is 167 Å². The first-order chi connectivity index (χ1) is 13.2. The summed E-state index contributed by atoms with van der Waals surface area (Å²) in [4.78, 5) is 14.3. The topological polar surface area (TPSA) is 56.4 Å². The molecule has 0 saturated carbocycles. The number of fused-ring (bicyclic) bond motifs is 1. The molecule has 2 amide bonds. The SMILES string of the molecule is O=C(NCCCNC(=S)NCc1ccccc1)N1CCC2CCCC=C2C1. The normalized spacial score (nSPS) is 18.9. The molecule has 1 aromatic carbocycles. The first kappa shape index (κ1) is 19.7. The molecule has 0 aromatic heterocycles. The molecule has 1 atom stereocenters. The minimum Gasteiger partial charge on any atom is -0.363 e. The molecule has 2 aliphatic rings. The highest BCUT2D eigenvalue weighted by molar-refractivity contribution is 7.80. The van der Waals surface area contributed by atoms with Crippen LogP contribution in [0.25, 0.3) is 0 Å². The van der Waals surface area contributed by atoms with Crippen LogP contribution in [0.4, 0.5) is 4.79 Å². The van der Waals surface area contributed by atoms with Crippen molar-refractivity contribution < 1.29 is 4.79 Å². The number of carbonyl (C=O) groups is 1. The number of hydrogen-bond donors (Lipinski definition) is 3. The fraction of sp³-hybridized carbons (Fsp3) is 0.524. The summed E-state index contributed by atoms with van der Waals surface area (Å²) in [7, 11) is 0. The molecule has 1 saturated heterocycles. The molecule has 1 fully saturated rings. The lowest BCUT2D eigenvalue weighted by Gasteiger charge is -2.36. The summed E-state index contributed by atoms with van der Waals surface area (Å²) in [5, 5.41) is 10.1. The number of urea groups is 1. The number of nitrogens with one attached hydrogen (secondary N) is 3. The van der Waals surface area contributed by atoms with Gasteiger partial charge in [0.2, 0.25) is 0 Å². The van der Waals surface area contributed by atoms with E-state index in [1.54, 1.807) is 0 Å². The number of allylic oxidation sites excluding steroid dienone is 1. The number of amides is 2. The summed E-state index contributed by atoms with van der Waals surface area (Å²) in [5.74, 6) is 0.719. The summed E-state index contributed by atoms with van der Waals surface area (Å²) < 4.78 is 0. The van der Waals surface area contributed by atoms with E-state index >= 15 is 0 Å². The molecule has 27 heavy (non-hydrogen) atoms. The van der Waals surface area contributed by atoms with Crippen LogP contribution in [0, 0.1) is 5.92 Å². The number of likely N-dealkylation sites (tertiary alicyclic amines) is 1. The zero-order valence-corrected chi connectivity index (χ0v) is 16.7. The lowest BCUT2D eigenvalue weighted by atomic mass is 9.82. The maximum Gasteiger partial charge on any atom is 0.317 e. The van der Waals surface area contributed by atoms with Gasteiger partial charge in [-0.15, -0.1) is 0 Å². The van der Waals surface area contributed by atoms with Crippen molar-refractivity contribution in [2.24, 2.45) is 5.92 Å². The zero-order chi connectivity index (χ0) is 18.9. The van der Waals surface area contributed by atoms with E-state index in [0.29, 0.717) is 11.7 Å². The number of piperidine rings is 1. The molecular formula is C21H30N4OS. The van der Waals surface area contributed by atoms with Crippen molar-refractivity contribution in [2.45, 2.75) is 38.6 Å². The Kier molecular flexibility index (Phi) is 7.51. The van der Waals surface area contributed by atoms with E-state index in [-0.39, 0.29) is 6.03 Å². The van der Waals surface area contributed by atoms with E-state index < -0.39 is 0 Å². The van der Waals surface area contributed by atoms with Crippen molar-refractivity contribution in [3.8, 4) is 0 Å². The maximum absolute atomic E-state index is 12.4. The van der Waals surface area contributed by atoms with Crippen LogP contribution in [0.3, 0.4) is 0 Å². The van der Waals surface area contributed by atoms with Gasteiger partial charge in [-0.25, -0.2) is 4.79 Å². The highest BCUT2D eigenvalue weighted by atomic mass is 32.1. The van der Waals surface area contributed by atoms with Gasteiger partial charge in [-0.1, -0.05) is 42.0 Å². The van der Waals surface area contributed by atoms with E-state index in [1.807, 2.05) is 23.1 Å². The molecule has 0 spiro atoms. The van der Waals surface area contributed by atoms with Crippen LogP contribution < -0.4 is 16.0 Å². The average molecular weight is 387 g/mol. The van der Waals surface area contributed by atoms with E-state index in [1.165, 1.54) is 30.4 Å². The van der Waals surface area contributed by atoms with Crippen molar-refractivity contribution in [3.63, 3.8) is 0 Å². The zero-order valence-electron chi connectivity index (χ0n) is 15.9. The number of rotatable bonds is 6. The molecule has 0 bridgehead atoms. The fourth-order valence-electron chi connectivity index (χ4n) is 3.75. The average Bonchev–Trinajstić information content (AvgIpc) is 2.72. The van der Waals surface area contributed by atoms with Crippen LogP contribution >= 0.6 is 12.2 Å².